The Hall–Kier alpha value is -2.87. The molecule has 3 aromatic rings. The molecule has 1 atom stereocenters. The Morgan fingerprint density at radius 2 is 2.08 bits per heavy atom. The molecule has 2 aromatic heterocycles. The van der Waals surface area contributed by atoms with Gasteiger partial charge in [-0.1, -0.05) is 18.2 Å². The van der Waals surface area contributed by atoms with Gasteiger partial charge in [-0.05, 0) is 18.6 Å². The molecule has 0 saturated carbocycles. The van der Waals surface area contributed by atoms with Gasteiger partial charge in [-0.25, -0.2) is 9.78 Å². The summed E-state index contributed by atoms with van der Waals surface area (Å²) in [4.78, 5) is 29.9. The van der Waals surface area contributed by atoms with Gasteiger partial charge in [-0.3, -0.25) is 14.3 Å². The number of aliphatic hydroxyl groups is 1. The molecule has 0 aliphatic heterocycles. The number of imidazole rings is 1. The van der Waals surface area contributed by atoms with Crippen molar-refractivity contribution in [2.75, 3.05) is 6.61 Å². The van der Waals surface area contributed by atoms with Crippen LogP contribution >= 0.6 is 0 Å². The van der Waals surface area contributed by atoms with E-state index in [9.17, 15) is 14.7 Å². The van der Waals surface area contributed by atoms with Crippen molar-refractivity contribution in [2.45, 2.75) is 19.6 Å². The maximum Gasteiger partial charge on any atom is 0.329 e. The van der Waals surface area contributed by atoms with Crippen LogP contribution < -0.4 is 16.0 Å². The summed E-state index contributed by atoms with van der Waals surface area (Å²) in [6.07, 6.45) is 0.592. The summed E-state index contributed by atoms with van der Waals surface area (Å²) in [5, 5.41) is 10.2. The van der Waals surface area contributed by atoms with E-state index in [-0.39, 0.29) is 24.3 Å². The van der Waals surface area contributed by atoms with Gasteiger partial charge in [-0.2, -0.15) is 0 Å². The minimum Gasteiger partial charge on any atom is -0.491 e. The molecule has 0 spiro atoms. The summed E-state index contributed by atoms with van der Waals surface area (Å²) in [7, 11) is 1.52. The number of rotatable bonds is 5. The standard InChI is InChI=1S/C16H18N4O4/c1-10-5-3-4-6-12(10)24-8-11(21)7-20-9-17-14-13(20)15(22)18-16(23)19(14)2/h3-6,9,11,21H,7-8H2,1-2H3,(H,18,22,23)/t11-/m0/s1. The molecule has 1 aromatic carbocycles. The van der Waals surface area contributed by atoms with E-state index in [4.69, 9.17) is 4.74 Å². The number of para-hydroxylation sites is 1. The number of fused-ring (bicyclic) bond motifs is 1. The lowest BCUT2D eigenvalue weighted by molar-refractivity contribution is 0.0930. The molecule has 3 rings (SSSR count). The van der Waals surface area contributed by atoms with Crippen LogP contribution in [0.4, 0.5) is 0 Å². The molecular formula is C16H18N4O4. The third-order valence-electron chi connectivity index (χ3n) is 3.81. The van der Waals surface area contributed by atoms with E-state index in [0.717, 1.165) is 5.56 Å². The lowest BCUT2D eigenvalue weighted by Gasteiger charge is -2.14. The summed E-state index contributed by atoms with van der Waals surface area (Å²) < 4.78 is 8.37. The SMILES string of the molecule is Cc1ccccc1OC[C@@H](O)Cn1cnc2c1c(=O)[nH]c(=O)n2C. The zero-order valence-electron chi connectivity index (χ0n) is 13.4. The molecule has 24 heavy (non-hydrogen) atoms. The summed E-state index contributed by atoms with van der Waals surface area (Å²) in [5.74, 6) is 0.701. The van der Waals surface area contributed by atoms with Crippen molar-refractivity contribution < 1.29 is 9.84 Å². The number of nitrogens with one attached hydrogen (secondary N) is 1. The molecule has 0 fully saturated rings. The van der Waals surface area contributed by atoms with Gasteiger partial charge in [0, 0.05) is 7.05 Å². The van der Waals surface area contributed by atoms with E-state index >= 15 is 0 Å². The first-order valence-electron chi connectivity index (χ1n) is 7.48. The Bertz CT molecular complexity index is 986. The molecule has 2 heterocycles. The number of H-pyrrole nitrogens is 1. The third-order valence-corrected chi connectivity index (χ3v) is 3.81. The number of hydrogen-bond acceptors (Lipinski definition) is 5. The molecule has 0 aliphatic rings. The molecule has 2 N–H and O–H groups in total. The zero-order chi connectivity index (χ0) is 17.3. The molecule has 126 valence electrons. The van der Waals surface area contributed by atoms with Crippen molar-refractivity contribution in [1.82, 2.24) is 19.1 Å². The molecule has 0 amide bonds. The molecule has 0 saturated heterocycles. The van der Waals surface area contributed by atoms with Crippen molar-refractivity contribution in [3.05, 3.63) is 57.0 Å². The van der Waals surface area contributed by atoms with Crippen LogP contribution in [0.25, 0.3) is 11.2 Å². The van der Waals surface area contributed by atoms with Crippen LogP contribution in [0.5, 0.6) is 5.75 Å². The van der Waals surface area contributed by atoms with Crippen LogP contribution in [-0.2, 0) is 13.6 Å². The minimum absolute atomic E-state index is 0.0776. The number of ether oxygens (including phenoxy) is 1. The lowest BCUT2D eigenvalue weighted by atomic mass is 10.2. The van der Waals surface area contributed by atoms with Crippen molar-refractivity contribution in [2.24, 2.45) is 7.05 Å². The summed E-state index contributed by atoms with van der Waals surface area (Å²) in [6, 6.07) is 7.52. The fraction of sp³-hybridized carbons (Fsp3) is 0.312. The summed E-state index contributed by atoms with van der Waals surface area (Å²) in [5.41, 5.74) is 0.436. The highest BCUT2D eigenvalue weighted by atomic mass is 16.5. The van der Waals surface area contributed by atoms with Crippen LogP contribution in [0.2, 0.25) is 0 Å². The van der Waals surface area contributed by atoms with E-state index in [1.807, 2.05) is 31.2 Å². The molecule has 8 nitrogen and oxygen atoms in total. The quantitative estimate of drug-likeness (QED) is 0.694. The Kier molecular flexibility index (Phi) is 4.22. The van der Waals surface area contributed by atoms with Crippen LogP contribution in [-0.4, -0.2) is 36.9 Å². The molecule has 0 aliphatic carbocycles. The van der Waals surface area contributed by atoms with Crippen LogP contribution in [0.15, 0.2) is 40.2 Å². The smallest absolute Gasteiger partial charge is 0.329 e. The summed E-state index contributed by atoms with van der Waals surface area (Å²) >= 11 is 0. The van der Waals surface area contributed by atoms with Gasteiger partial charge in [0.05, 0.1) is 12.9 Å². The monoisotopic (exact) mass is 330 g/mol. The fourth-order valence-corrected chi connectivity index (χ4v) is 2.51. The first-order chi connectivity index (χ1) is 11.5. The molecule has 0 radical (unpaired) electrons. The Morgan fingerprint density at radius 1 is 1.33 bits per heavy atom. The van der Waals surface area contributed by atoms with E-state index in [0.29, 0.717) is 5.75 Å². The molecule has 8 heteroatoms. The maximum atomic E-state index is 12.0. The second-order valence-corrected chi connectivity index (χ2v) is 5.62. The number of benzene rings is 1. The minimum atomic E-state index is -0.835. The van der Waals surface area contributed by atoms with Crippen LogP contribution in [0.1, 0.15) is 5.56 Å². The van der Waals surface area contributed by atoms with E-state index in [2.05, 4.69) is 9.97 Å². The highest BCUT2D eigenvalue weighted by Gasteiger charge is 2.14. The second-order valence-electron chi connectivity index (χ2n) is 5.62. The Morgan fingerprint density at radius 3 is 2.83 bits per heavy atom. The fourth-order valence-electron chi connectivity index (χ4n) is 2.51. The van der Waals surface area contributed by atoms with E-state index in [1.165, 1.54) is 22.5 Å². The zero-order valence-corrected chi connectivity index (χ0v) is 13.4. The van der Waals surface area contributed by atoms with Crippen LogP contribution in [0.3, 0.4) is 0 Å². The van der Waals surface area contributed by atoms with Gasteiger partial charge in [0.25, 0.3) is 5.56 Å². The normalized spacial score (nSPS) is 12.5. The van der Waals surface area contributed by atoms with E-state index < -0.39 is 17.4 Å². The topological polar surface area (TPSA) is 102 Å². The first kappa shape index (κ1) is 16.0. The molecule has 0 bridgehead atoms. The van der Waals surface area contributed by atoms with Gasteiger partial charge >= 0.3 is 5.69 Å². The number of aliphatic hydroxyl groups excluding tert-OH is 1. The van der Waals surface area contributed by atoms with Crippen molar-refractivity contribution >= 4 is 11.2 Å². The first-order valence-corrected chi connectivity index (χ1v) is 7.48. The predicted molar refractivity (Wildman–Crippen MR) is 88.3 cm³/mol. The third kappa shape index (κ3) is 2.95. The number of hydrogen-bond donors (Lipinski definition) is 2. The number of aromatic amines is 1. The Balaban J connectivity index is 1.78. The van der Waals surface area contributed by atoms with Gasteiger partial charge in [0.15, 0.2) is 11.2 Å². The largest absolute Gasteiger partial charge is 0.491 e. The van der Waals surface area contributed by atoms with Gasteiger partial charge in [-0.15, -0.1) is 0 Å². The number of aromatic nitrogens is 4. The number of nitrogens with zero attached hydrogens (tertiary/aromatic N) is 3. The molecular weight excluding hydrogens is 312 g/mol. The maximum absolute atomic E-state index is 12.0. The summed E-state index contributed by atoms with van der Waals surface area (Å²) in [6.45, 7) is 2.13. The average Bonchev–Trinajstić information content (AvgIpc) is 2.96. The van der Waals surface area contributed by atoms with E-state index in [1.54, 1.807) is 0 Å². The van der Waals surface area contributed by atoms with Crippen molar-refractivity contribution in [3.8, 4) is 5.75 Å². The highest BCUT2D eigenvalue weighted by molar-refractivity contribution is 5.69. The Labute approximate surface area is 137 Å². The van der Waals surface area contributed by atoms with Gasteiger partial charge in [0.1, 0.15) is 18.5 Å². The van der Waals surface area contributed by atoms with Crippen LogP contribution in [0, 0.1) is 6.92 Å². The van der Waals surface area contributed by atoms with Gasteiger partial charge in [0.2, 0.25) is 0 Å². The highest BCUT2D eigenvalue weighted by Crippen LogP contribution is 2.16. The number of aryl methyl sites for hydroxylation is 2. The van der Waals surface area contributed by atoms with Gasteiger partial charge < -0.3 is 14.4 Å². The van der Waals surface area contributed by atoms with Crippen molar-refractivity contribution in [3.63, 3.8) is 0 Å². The second kappa shape index (κ2) is 6.32. The predicted octanol–water partition coefficient (Wildman–Crippen LogP) is 0.172. The average molecular weight is 330 g/mol. The van der Waals surface area contributed by atoms with Crippen molar-refractivity contribution in [1.29, 1.82) is 0 Å². The lowest BCUT2D eigenvalue weighted by Crippen LogP contribution is -2.30. The molecule has 0 unspecified atom stereocenters.